The van der Waals surface area contributed by atoms with Crippen LogP contribution in [0.25, 0.3) is 0 Å². The summed E-state index contributed by atoms with van der Waals surface area (Å²) >= 11 is 0. The second-order valence-electron chi connectivity index (χ2n) is 8.58. The van der Waals surface area contributed by atoms with E-state index in [1.54, 1.807) is 48.5 Å². The molecule has 0 unspecified atom stereocenters. The molecule has 0 heterocycles. The van der Waals surface area contributed by atoms with E-state index in [1.807, 2.05) is 51.4 Å². The summed E-state index contributed by atoms with van der Waals surface area (Å²) < 4.78 is 50.9. The van der Waals surface area contributed by atoms with Crippen LogP contribution in [0.15, 0.2) is 60.7 Å². The molecule has 0 aromatic heterocycles. The molecule has 0 saturated carbocycles. The van der Waals surface area contributed by atoms with Gasteiger partial charge in [-0.3, -0.25) is 4.57 Å². The fourth-order valence-corrected chi connectivity index (χ4v) is 14.2. The van der Waals surface area contributed by atoms with Gasteiger partial charge in [-0.05, 0) is 63.5 Å². The third-order valence-electron chi connectivity index (χ3n) is 3.15. The summed E-state index contributed by atoms with van der Waals surface area (Å²) in [5, 5.41) is 0. The lowest BCUT2D eigenvalue weighted by atomic mass is 10.3. The van der Waals surface area contributed by atoms with E-state index in [2.05, 4.69) is 0 Å². The molecule has 6 nitrogen and oxygen atoms in total. The van der Waals surface area contributed by atoms with Crippen molar-refractivity contribution in [3.63, 3.8) is 0 Å². The second kappa shape index (κ2) is 9.33. The Balaban J connectivity index is 2.41. The molecular formula is C19H30O6P2Si2. The first-order chi connectivity index (χ1) is 13.3. The van der Waals surface area contributed by atoms with Crippen molar-refractivity contribution >= 4 is 31.8 Å². The van der Waals surface area contributed by atoms with Crippen LogP contribution in [0.4, 0.5) is 0 Å². The Morgan fingerprint density at radius 1 is 0.621 bits per heavy atom. The van der Waals surface area contributed by atoms with Crippen LogP contribution >= 0.6 is 15.2 Å². The fourth-order valence-electron chi connectivity index (χ4n) is 2.48. The first-order valence-corrected chi connectivity index (χ1v) is 19.6. The van der Waals surface area contributed by atoms with Gasteiger partial charge in [-0.15, -0.1) is 0 Å². The summed E-state index contributed by atoms with van der Waals surface area (Å²) in [6, 6.07) is 17.4. The topological polar surface area (TPSA) is 71.1 Å². The maximum absolute atomic E-state index is 13.8. The number of hydrogen-bond acceptors (Lipinski definition) is 6. The van der Waals surface area contributed by atoms with E-state index < -0.39 is 37.7 Å². The standard InChI is InChI=1S/C19H30O6P2Si2/c1-28(2,3)24-27(21,25-29(4,5)6)17-26(20,22-18-13-9-7-10-14-18)23-19-15-11-8-12-16-19/h7-16H,17H2,1-6H3. The Labute approximate surface area is 175 Å². The van der Waals surface area contributed by atoms with Crippen LogP contribution in [-0.4, -0.2) is 22.5 Å². The Kier molecular flexibility index (Phi) is 7.76. The van der Waals surface area contributed by atoms with Gasteiger partial charge in [0.1, 0.15) is 11.5 Å². The van der Waals surface area contributed by atoms with Crippen molar-refractivity contribution < 1.29 is 26.6 Å². The van der Waals surface area contributed by atoms with Crippen molar-refractivity contribution in [3.8, 4) is 11.5 Å². The Bertz CT molecular complexity index is 814. The zero-order valence-corrected chi connectivity index (χ0v) is 21.6. The summed E-state index contributed by atoms with van der Waals surface area (Å²) in [4.78, 5) is 0. The number of para-hydroxylation sites is 2. The van der Waals surface area contributed by atoms with E-state index in [0.29, 0.717) is 11.5 Å². The Hall–Kier alpha value is -1.15. The number of rotatable bonds is 10. The SMILES string of the molecule is C[Si](C)(C)OP(=O)(CP(=O)(Oc1ccccc1)Oc1ccccc1)O[Si](C)(C)C. The first-order valence-electron chi connectivity index (χ1n) is 9.37. The monoisotopic (exact) mass is 472 g/mol. The van der Waals surface area contributed by atoms with Gasteiger partial charge in [0, 0.05) is 0 Å². The molecule has 0 N–H and O–H groups in total. The van der Waals surface area contributed by atoms with Gasteiger partial charge >= 0.3 is 15.2 Å². The van der Waals surface area contributed by atoms with Crippen molar-refractivity contribution in [2.45, 2.75) is 39.3 Å². The van der Waals surface area contributed by atoms with E-state index in [4.69, 9.17) is 17.5 Å². The Morgan fingerprint density at radius 2 is 0.966 bits per heavy atom. The van der Waals surface area contributed by atoms with E-state index >= 15 is 0 Å². The molecule has 2 aromatic carbocycles. The minimum Gasteiger partial charge on any atom is -0.416 e. The smallest absolute Gasteiger partial charge is 0.416 e. The van der Waals surface area contributed by atoms with E-state index in [0.717, 1.165) is 0 Å². The van der Waals surface area contributed by atoms with Crippen LogP contribution in [0.3, 0.4) is 0 Å². The molecule has 0 amide bonds. The molecule has 0 radical (unpaired) electrons. The van der Waals surface area contributed by atoms with Crippen molar-refractivity contribution in [1.82, 2.24) is 0 Å². The molecule has 0 aliphatic rings. The maximum Gasteiger partial charge on any atom is 0.442 e. The molecule has 0 fully saturated rings. The fraction of sp³-hybridized carbons (Fsp3) is 0.368. The van der Waals surface area contributed by atoms with Crippen LogP contribution in [0.5, 0.6) is 11.5 Å². The lowest BCUT2D eigenvalue weighted by Crippen LogP contribution is -2.31. The van der Waals surface area contributed by atoms with Crippen LogP contribution in [0.2, 0.25) is 39.3 Å². The zero-order chi connectivity index (χ0) is 21.8. The predicted molar refractivity (Wildman–Crippen MR) is 123 cm³/mol. The highest BCUT2D eigenvalue weighted by molar-refractivity contribution is 7.73. The van der Waals surface area contributed by atoms with Crippen LogP contribution in [-0.2, 0) is 17.6 Å². The highest BCUT2D eigenvalue weighted by Gasteiger charge is 2.45. The molecule has 160 valence electrons. The Morgan fingerprint density at radius 3 is 1.28 bits per heavy atom. The van der Waals surface area contributed by atoms with Crippen molar-refractivity contribution in [2.75, 3.05) is 5.90 Å². The second-order valence-corrected chi connectivity index (χ2v) is 22.4. The number of hydrogen-bond donors (Lipinski definition) is 0. The zero-order valence-electron chi connectivity index (χ0n) is 17.8. The first kappa shape index (κ1) is 24.1. The number of benzene rings is 2. The van der Waals surface area contributed by atoms with Crippen LogP contribution < -0.4 is 9.05 Å². The summed E-state index contributed by atoms with van der Waals surface area (Å²) in [7, 11) is -12.2. The van der Waals surface area contributed by atoms with Crippen molar-refractivity contribution in [1.29, 1.82) is 0 Å². The summed E-state index contributed by atoms with van der Waals surface area (Å²) in [6.45, 7) is 11.5. The molecule has 29 heavy (non-hydrogen) atoms. The predicted octanol–water partition coefficient (Wildman–Crippen LogP) is 7.19. The molecule has 0 bridgehead atoms. The van der Waals surface area contributed by atoms with Gasteiger partial charge in [0.2, 0.25) is 0 Å². The summed E-state index contributed by atoms with van der Waals surface area (Å²) in [5.74, 6) is 0.261. The molecule has 0 aliphatic carbocycles. The molecule has 0 aliphatic heterocycles. The van der Waals surface area contributed by atoms with Crippen molar-refractivity contribution in [2.24, 2.45) is 0 Å². The molecule has 2 aromatic rings. The van der Waals surface area contributed by atoms with Crippen molar-refractivity contribution in [3.05, 3.63) is 60.7 Å². The van der Waals surface area contributed by atoms with E-state index in [-0.39, 0.29) is 0 Å². The van der Waals surface area contributed by atoms with Gasteiger partial charge in [0.25, 0.3) is 0 Å². The summed E-state index contributed by atoms with van der Waals surface area (Å²) in [6.07, 6.45) is 0. The lowest BCUT2D eigenvalue weighted by Gasteiger charge is -2.32. The minimum absolute atomic E-state index is 0.360. The van der Waals surface area contributed by atoms with Crippen LogP contribution in [0, 0.1) is 0 Å². The van der Waals surface area contributed by atoms with E-state index in [1.165, 1.54) is 0 Å². The third kappa shape index (κ3) is 9.03. The summed E-state index contributed by atoms with van der Waals surface area (Å²) in [5.41, 5.74) is 0. The highest BCUT2D eigenvalue weighted by Crippen LogP contribution is 2.65. The van der Waals surface area contributed by atoms with Gasteiger partial charge in [-0.1, -0.05) is 36.4 Å². The maximum atomic E-state index is 13.8. The highest BCUT2D eigenvalue weighted by atomic mass is 31.2. The van der Waals surface area contributed by atoms with Gasteiger partial charge in [-0.2, -0.15) is 0 Å². The average molecular weight is 473 g/mol. The minimum atomic E-state index is -3.93. The average Bonchev–Trinajstić information content (AvgIpc) is 2.51. The largest absolute Gasteiger partial charge is 0.442 e. The van der Waals surface area contributed by atoms with Gasteiger partial charge in [0.15, 0.2) is 22.5 Å². The normalized spacial score (nSPS) is 13.2. The van der Waals surface area contributed by atoms with Crippen LogP contribution in [0.1, 0.15) is 0 Å². The lowest BCUT2D eigenvalue weighted by molar-refractivity contribution is 0.369. The molecule has 10 heteroatoms. The molecule has 0 atom stereocenters. The molecule has 0 saturated heterocycles. The molecular weight excluding hydrogens is 442 g/mol. The quantitative estimate of drug-likeness (QED) is 0.269. The third-order valence-corrected chi connectivity index (χ3v) is 13.5. The molecule has 0 spiro atoms. The van der Waals surface area contributed by atoms with Gasteiger partial charge < -0.3 is 17.5 Å². The molecule has 2 rings (SSSR count). The van der Waals surface area contributed by atoms with E-state index in [9.17, 15) is 9.13 Å². The van der Waals surface area contributed by atoms with Gasteiger partial charge in [0.05, 0.1) is 0 Å². The van der Waals surface area contributed by atoms with Gasteiger partial charge in [-0.25, -0.2) is 4.57 Å².